The lowest BCUT2D eigenvalue weighted by Gasteiger charge is -2.31. The van der Waals surface area contributed by atoms with Crippen molar-refractivity contribution < 1.29 is 9.90 Å². The Kier molecular flexibility index (Phi) is 4.37. The summed E-state index contributed by atoms with van der Waals surface area (Å²) in [6.07, 6.45) is 3.69. The lowest BCUT2D eigenvalue weighted by atomic mass is 10.0. The molecule has 0 bridgehead atoms. The van der Waals surface area contributed by atoms with E-state index in [1.165, 1.54) is 18.4 Å². The molecule has 3 heteroatoms. The number of hydrogen-bond acceptors (Lipinski definition) is 2. The van der Waals surface area contributed by atoms with Crippen LogP contribution < -0.4 is 0 Å². The van der Waals surface area contributed by atoms with Crippen molar-refractivity contribution in [3.8, 4) is 0 Å². The number of carboxylic acid groups (broad SMARTS) is 1. The quantitative estimate of drug-likeness (QED) is 0.805. The van der Waals surface area contributed by atoms with Gasteiger partial charge in [0.05, 0.1) is 6.42 Å². The summed E-state index contributed by atoms with van der Waals surface area (Å²) in [6, 6.07) is 11.4. The van der Waals surface area contributed by atoms with E-state index in [1.807, 2.05) is 6.07 Å². The fourth-order valence-electron chi connectivity index (χ4n) is 2.56. The lowest BCUT2D eigenvalue weighted by molar-refractivity contribution is -0.137. The molecule has 1 aromatic carbocycles. The zero-order valence-corrected chi connectivity index (χ0v) is 10.9. The standard InChI is InChI=1S/C15H21NO2/c1-2-14(12-6-4-3-5-7-12)16(13-8-9-13)11-10-15(17)18/h3-7,13-14H,2,8-11H2,1H3,(H,17,18). The number of rotatable bonds is 7. The van der Waals surface area contributed by atoms with Gasteiger partial charge in [-0.05, 0) is 24.8 Å². The zero-order chi connectivity index (χ0) is 13.0. The van der Waals surface area contributed by atoms with Crippen LogP contribution in [0.25, 0.3) is 0 Å². The molecule has 1 fully saturated rings. The molecule has 2 rings (SSSR count). The van der Waals surface area contributed by atoms with Gasteiger partial charge in [-0.15, -0.1) is 0 Å². The van der Waals surface area contributed by atoms with Crippen molar-refractivity contribution in [1.29, 1.82) is 0 Å². The predicted octanol–water partition coefficient (Wildman–Crippen LogP) is 3.08. The Morgan fingerprint density at radius 3 is 2.56 bits per heavy atom. The van der Waals surface area contributed by atoms with E-state index < -0.39 is 5.97 Å². The summed E-state index contributed by atoms with van der Waals surface area (Å²) in [6.45, 7) is 2.83. The molecule has 0 aliphatic heterocycles. The minimum absolute atomic E-state index is 0.236. The summed E-state index contributed by atoms with van der Waals surface area (Å²) in [4.78, 5) is 13.1. The Morgan fingerprint density at radius 2 is 2.06 bits per heavy atom. The van der Waals surface area contributed by atoms with Gasteiger partial charge in [0, 0.05) is 18.6 Å². The van der Waals surface area contributed by atoms with Crippen molar-refractivity contribution in [2.75, 3.05) is 6.54 Å². The number of hydrogen-bond donors (Lipinski definition) is 1. The Morgan fingerprint density at radius 1 is 1.39 bits per heavy atom. The summed E-state index contributed by atoms with van der Waals surface area (Å²) >= 11 is 0. The first-order valence-electron chi connectivity index (χ1n) is 6.75. The van der Waals surface area contributed by atoms with Gasteiger partial charge in [-0.3, -0.25) is 9.69 Å². The second-order valence-electron chi connectivity index (χ2n) is 4.95. The van der Waals surface area contributed by atoms with E-state index in [9.17, 15) is 4.79 Å². The second-order valence-corrected chi connectivity index (χ2v) is 4.95. The summed E-state index contributed by atoms with van der Waals surface area (Å²) < 4.78 is 0. The van der Waals surface area contributed by atoms with E-state index in [4.69, 9.17) is 5.11 Å². The number of benzene rings is 1. The normalized spacial score (nSPS) is 16.8. The van der Waals surface area contributed by atoms with Gasteiger partial charge in [-0.2, -0.15) is 0 Å². The highest BCUT2D eigenvalue weighted by atomic mass is 16.4. The van der Waals surface area contributed by atoms with Crippen LogP contribution in [0.4, 0.5) is 0 Å². The van der Waals surface area contributed by atoms with E-state index in [0.29, 0.717) is 18.6 Å². The minimum Gasteiger partial charge on any atom is -0.481 e. The van der Waals surface area contributed by atoms with Crippen LogP contribution in [-0.4, -0.2) is 28.6 Å². The molecule has 0 spiro atoms. The number of nitrogens with zero attached hydrogens (tertiary/aromatic N) is 1. The van der Waals surface area contributed by atoms with Gasteiger partial charge in [-0.1, -0.05) is 37.3 Å². The first-order chi connectivity index (χ1) is 8.72. The van der Waals surface area contributed by atoms with Gasteiger partial charge in [-0.25, -0.2) is 0 Å². The van der Waals surface area contributed by atoms with Crippen molar-refractivity contribution in [2.24, 2.45) is 0 Å². The van der Waals surface area contributed by atoms with Gasteiger partial charge in [0.1, 0.15) is 0 Å². The number of aliphatic carboxylic acids is 1. The molecular weight excluding hydrogens is 226 g/mol. The average Bonchev–Trinajstić information content (AvgIpc) is 3.19. The number of carbonyl (C=O) groups is 1. The van der Waals surface area contributed by atoms with Crippen molar-refractivity contribution >= 4 is 5.97 Å². The monoisotopic (exact) mass is 247 g/mol. The highest BCUT2D eigenvalue weighted by molar-refractivity contribution is 5.66. The Balaban J connectivity index is 2.09. The topological polar surface area (TPSA) is 40.5 Å². The molecule has 0 saturated heterocycles. The Bertz CT molecular complexity index is 387. The molecule has 3 nitrogen and oxygen atoms in total. The van der Waals surface area contributed by atoms with Crippen molar-refractivity contribution in [3.05, 3.63) is 35.9 Å². The van der Waals surface area contributed by atoms with Crippen molar-refractivity contribution in [1.82, 2.24) is 4.90 Å². The third-order valence-corrected chi connectivity index (χ3v) is 3.57. The van der Waals surface area contributed by atoms with Gasteiger partial charge >= 0.3 is 5.97 Å². The van der Waals surface area contributed by atoms with Crippen LogP contribution in [0.2, 0.25) is 0 Å². The fourth-order valence-corrected chi connectivity index (χ4v) is 2.56. The van der Waals surface area contributed by atoms with Gasteiger partial charge in [0.25, 0.3) is 0 Å². The van der Waals surface area contributed by atoms with Gasteiger partial charge in [0.15, 0.2) is 0 Å². The zero-order valence-electron chi connectivity index (χ0n) is 10.9. The van der Waals surface area contributed by atoms with E-state index >= 15 is 0 Å². The first kappa shape index (κ1) is 13.1. The molecule has 1 aromatic rings. The SMILES string of the molecule is CCC(c1ccccc1)N(CCC(=O)O)C1CC1. The molecule has 1 aliphatic carbocycles. The number of carboxylic acids is 1. The second kappa shape index (κ2) is 6.01. The summed E-state index contributed by atoms with van der Waals surface area (Å²) in [5.41, 5.74) is 1.30. The third kappa shape index (κ3) is 3.33. The van der Waals surface area contributed by atoms with Crippen molar-refractivity contribution in [3.63, 3.8) is 0 Å². The maximum absolute atomic E-state index is 10.8. The minimum atomic E-state index is -0.705. The van der Waals surface area contributed by atoms with Crippen LogP contribution in [-0.2, 0) is 4.79 Å². The highest BCUT2D eigenvalue weighted by Gasteiger charge is 2.33. The maximum Gasteiger partial charge on any atom is 0.304 e. The Labute approximate surface area is 108 Å². The predicted molar refractivity (Wildman–Crippen MR) is 71.5 cm³/mol. The summed E-state index contributed by atoms with van der Waals surface area (Å²) in [7, 11) is 0. The Hall–Kier alpha value is -1.35. The molecule has 1 saturated carbocycles. The fraction of sp³-hybridized carbons (Fsp3) is 0.533. The van der Waals surface area contributed by atoms with E-state index in [-0.39, 0.29) is 6.42 Å². The molecule has 1 N–H and O–H groups in total. The van der Waals surface area contributed by atoms with Crippen LogP contribution in [0.5, 0.6) is 0 Å². The van der Waals surface area contributed by atoms with E-state index in [0.717, 1.165) is 6.42 Å². The molecular formula is C15H21NO2. The molecule has 1 aliphatic rings. The first-order valence-corrected chi connectivity index (χ1v) is 6.75. The molecule has 0 heterocycles. The average molecular weight is 247 g/mol. The summed E-state index contributed by atoms with van der Waals surface area (Å²) in [5, 5.41) is 8.86. The van der Waals surface area contributed by atoms with Crippen LogP contribution in [0.3, 0.4) is 0 Å². The third-order valence-electron chi connectivity index (χ3n) is 3.57. The molecule has 18 heavy (non-hydrogen) atoms. The van der Waals surface area contributed by atoms with Crippen LogP contribution in [0.15, 0.2) is 30.3 Å². The molecule has 0 aromatic heterocycles. The smallest absolute Gasteiger partial charge is 0.304 e. The molecule has 0 radical (unpaired) electrons. The molecule has 1 unspecified atom stereocenters. The molecule has 0 amide bonds. The summed E-state index contributed by atoms with van der Waals surface area (Å²) in [5.74, 6) is -0.705. The highest BCUT2D eigenvalue weighted by Crippen LogP contribution is 2.36. The largest absolute Gasteiger partial charge is 0.481 e. The van der Waals surface area contributed by atoms with Crippen LogP contribution >= 0.6 is 0 Å². The maximum atomic E-state index is 10.8. The van der Waals surface area contributed by atoms with E-state index in [1.54, 1.807) is 0 Å². The molecule has 1 atom stereocenters. The molecule has 98 valence electrons. The van der Waals surface area contributed by atoms with Crippen molar-refractivity contribution in [2.45, 2.75) is 44.7 Å². The van der Waals surface area contributed by atoms with Gasteiger partial charge < -0.3 is 5.11 Å². The van der Waals surface area contributed by atoms with Crippen LogP contribution in [0, 0.1) is 0 Å². The lowest BCUT2D eigenvalue weighted by Crippen LogP contribution is -2.32. The van der Waals surface area contributed by atoms with Crippen LogP contribution in [0.1, 0.15) is 44.2 Å². The van der Waals surface area contributed by atoms with E-state index in [2.05, 4.69) is 36.1 Å². The van der Waals surface area contributed by atoms with Gasteiger partial charge in [0.2, 0.25) is 0 Å².